The maximum absolute atomic E-state index is 13.4. The third kappa shape index (κ3) is 25.8. The van der Waals surface area contributed by atoms with Gasteiger partial charge in [-0.3, -0.25) is 23.2 Å². The van der Waals surface area contributed by atoms with Crippen molar-refractivity contribution < 1.29 is 81.6 Å². The number of carbonyl (C=O) groups excluding carboxylic acids is 2. The fourth-order valence-electron chi connectivity index (χ4n) is 8.26. The van der Waals surface area contributed by atoms with Crippen molar-refractivity contribution in [3.63, 3.8) is 0 Å². The van der Waals surface area contributed by atoms with Gasteiger partial charge in [-0.15, -0.1) is 0 Å². The van der Waals surface area contributed by atoms with E-state index in [1.54, 1.807) is 12.2 Å². The number of nitrogen functional groups attached to an aromatic ring is 1. The standard InChI is InChI=1S/C50H83N3O18P2/c1-3-5-7-8-9-10-11-12-13-14-15-16-17-18-24-28-46(58)69-38-34-66-45(57)27-23-20-19-22-26-40-42(56)33-41(55)39(30-29-37(54)25-21-6-4-2)47(59)48(60)43(36-68-73(64,65)71-72(62,63)67-35-38)70-49(40)53-32-31-44(51)52-50(53)61/h9-10,12-13,19,22,29-32,37-43,47-49,54-56,59-60H,3-8,11,14-18,20-21,23-28,33-36H2,1-2H3,(H,62,63)(H,64,65)(H2,51,52,61)/b10-9-,13-12-,22-19-,30-29+/t37-,38+,39-,40-,41+,42-,43+,47-,48+,49+/m0/s1. The number of phosphoric ester groups is 2. The van der Waals surface area contributed by atoms with Crippen LogP contribution in [0.5, 0.6) is 0 Å². The fourth-order valence-corrected chi connectivity index (χ4v) is 10.4. The molecule has 73 heavy (non-hydrogen) atoms. The van der Waals surface area contributed by atoms with Crippen LogP contribution in [-0.4, -0.2) is 119 Å². The van der Waals surface area contributed by atoms with Gasteiger partial charge in [0.2, 0.25) is 0 Å². The molecule has 3 rings (SSSR count). The van der Waals surface area contributed by atoms with E-state index in [1.807, 2.05) is 6.92 Å². The number of aliphatic hydroxyl groups is 5. The second-order valence-electron chi connectivity index (χ2n) is 18.6. The Kier molecular flexibility index (Phi) is 30.7. The van der Waals surface area contributed by atoms with E-state index in [-0.39, 0.29) is 31.5 Å². The summed E-state index contributed by atoms with van der Waals surface area (Å²) in [6, 6.07) is 1.24. The number of hydrogen-bond donors (Lipinski definition) is 8. The molecule has 1 aromatic rings. The second-order valence-corrected chi connectivity index (χ2v) is 21.7. The maximum Gasteiger partial charge on any atom is 0.481 e. The Morgan fingerprint density at radius 3 is 2.22 bits per heavy atom. The smallest absolute Gasteiger partial charge is 0.462 e. The number of allylic oxidation sites excluding steroid dienone is 6. The molecule has 0 spiro atoms. The summed E-state index contributed by atoms with van der Waals surface area (Å²) in [6.07, 6.45) is 15.9. The van der Waals surface area contributed by atoms with E-state index < -0.39 is 120 Å². The Bertz CT molecular complexity index is 2040. The van der Waals surface area contributed by atoms with E-state index in [1.165, 1.54) is 43.7 Å². The third-order valence-electron chi connectivity index (χ3n) is 12.4. The average Bonchev–Trinajstić information content (AvgIpc) is 3.33. The molecule has 23 heteroatoms. The summed E-state index contributed by atoms with van der Waals surface area (Å²) in [5, 5.41) is 57.5. The average molecular weight is 1080 g/mol. The first kappa shape index (κ1) is 63.9. The van der Waals surface area contributed by atoms with Crippen LogP contribution in [0.3, 0.4) is 0 Å². The molecule has 416 valence electrons. The zero-order valence-corrected chi connectivity index (χ0v) is 44.3. The molecule has 2 aliphatic heterocycles. The highest BCUT2D eigenvalue weighted by molar-refractivity contribution is 7.61. The lowest BCUT2D eigenvalue weighted by molar-refractivity contribution is -0.194. The van der Waals surface area contributed by atoms with Gasteiger partial charge in [0, 0.05) is 37.3 Å². The van der Waals surface area contributed by atoms with E-state index in [4.69, 9.17) is 29.0 Å². The molecule has 9 N–H and O–H groups in total. The highest BCUT2D eigenvalue weighted by atomic mass is 31.3. The monoisotopic (exact) mass is 1080 g/mol. The van der Waals surface area contributed by atoms with Gasteiger partial charge in [0.1, 0.15) is 30.9 Å². The van der Waals surface area contributed by atoms with Gasteiger partial charge in [-0.2, -0.15) is 9.29 Å². The first-order chi connectivity index (χ1) is 34.9. The molecule has 0 radical (unpaired) electrons. The lowest BCUT2D eigenvalue weighted by Gasteiger charge is -2.40. The SMILES string of the molecule is CCCCC/C=C\C/C=C\CCCCCCCC(=O)O[C@@H]1COC(=O)CCC/C=C\C[C@@H]2[C@H](n3ccc(N)nc3=O)O[C@H](COP(=O)(O)OP(=O)(O)OC1)[C@@H](O)[C@@H](O)[C@@H](/C=C/[C@@H](O)CCCCC)[C@H](O)C[C@@H]2O. The minimum absolute atomic E-state index is 0.0166. The van der Waals surface area contributed by atoms with Crippen molar-refractivity contribution in [3.05, 3.63) is 71.4 Å². The van der Waals surface area contributed by atoms with Crippen LogP contribution < -0.4 is 11.4 Å². The minimum Gasteiger partial charge on any atom is -0.462 e. The van der Waals surface area contributed by atoms with E-state index in [0.717, 1.165) is 62.4 Å². The number of nitrogens with zero attached hydrogens (tertiary/aromatic N) is 2. The van der Waals surface area contributed by atoms with Gasteiger partial charge in [0.15, 0.2) is 6.10 Å². The third-order valence-corrected chi connectivity index (χ3v) is 15.0. The van der Waals surface area contributed by atoms with E-state index in [9.17, 15) is 58.8 Å². The number of aliphatic hydroxyl groups excluding tert-OH is 5. The highest BCUT2D eigenvalue weighted by Gasteiger charge is 2.45. The predicted molar refractivity (Wildman–Crippen MR) is 272 cm³/mol. The Labute approximate surface area is 429 Å². The highest BCUT2D eigenvalue weighted by Crippen LogP contribution is 2.60. The molecule has 12 atom stereocenters. The van der Waals surface area contributed by atoms with Gasteiger partial charge in [0.05, 0.1) is 37.6 Å². The molecule has 0 amide bonds. The first-order valence-corrected chi connectivity index (χ1v) is 28.9. The molecule has 2 aliphatic rings. The van der Waals surface area contributed by atoms with Crippen LogP contribution in [0.25, 0.3) is 0 Å². The Balaban J connectivity index is 1.81. The number of fused-ring (bicyclic) bond motifs is 3. The molecule has 1 fully saturated rings. The molecule has 1 aromatic heterocycles. The largest absolute Gasteiger partial charge is 0.481 e. The summed E-state index contributed by atoms with van der Waals surface area (Å²) in [7, 11) is -11.3. The molecule has 2 bridgehead atoms. The Morgan fingerprint density at radius 2 is 1.52 bits per heavy atom. The van der Waals surface area contributed by atoms with Crippen molar-refractivity contribution in [2.24, 2.45) is 11.8 Å². The summed E-state index contributed by atoms with van der Waals surface area (Å²) in [5.74, 6) is -4.18. The van der Waals surface area contributed by atoms with Crippen molar-refractivity contribution >= 4 is 33.4 Å². The van der Waals surface area contributed by atoms with Crippen molar-refractivity contribution in [3.8, 4) is 0 Å². The summed E-state index contributed by atoms with van der Waals surface area (Å²) in [4.78, 5) is 64.2. The lowest BCUT2D eigenvalue weighted by Crippen LogP contribution is -2.52. The summed E-state index contributed by atoms with van der Waals surface area (Å²) in [5.41, 5.74) is 4.78. The van der Waals surface area contributed by atoms with Crippen LogP contribution in [-0.2, 0) is 46.3 Å². The molecular formula is C50H83N3O18P2. The number of nitrogens with two attached hydrogens (primary N) is 1. The number of aromatic nitrogens is 2. The summed E-state index contributed by atoms with van der Waals surface area (Å²) in [6.45, 7) is 1.44. The topological polar surface area (TPSA) is 326 Å². The lowest BCUT2D eigenvalue weighted by atomic mass is 9.82. The minimum atomic E-state index is -5.71. The number of anilines is 1. The van der Waals surface area contributed by atoms with E-state index in [2.05, 4.69) is 40.5 Å². The second kappa shape index (κ2) is 35.0. The summed E-state index contributed by atoms with van der Waals surface area (Å²) < 4.78 is 59.1. The molecule has 3 heterocycles. The summed E-state index contributed by atoms with van der Waals surface area (Å²) >= 11 is 0. The van der Waals surface area contributed by atoms with Gasteiger partial charge in [0.25, 0.3) is 0 Å². The van der Waals surface area contributed by atoms with Crippen LogP contribution in [0.4, 0.5) is 5.82 Å². The van der Waals surface area contributed by atoms with E-state index >= 15 is 0 Å². The van der Waals surface area contributed by atoms with Gasteiger partial charge >= 0.3 is 33.3 Å². The Hall–Kier alpha value is -3.40. The van der Waals surface area contributed by atoms with Crippen LogP contribution in [0.15, 0.2) is 65.7 Å². The van der Waals surface area contributed by atoms with E-state index in [0.29, 0.717) is 25.7 Å². The van der Waals surface area contributed by atoms with Crippen molar-refractivity contribution in [2.75, 3.05) is 25.6 Å². The maximum atomic E-state index is 13.4. The molecule has 21 nitrogen and oxygen atoms in total. The Morgan fingerprint density at radius 1 is 0.863 bits per heavy atom. The van der Waals surface area contributed by atoms with Crippen molar-refractivity contribution in [1.29, 1.82) is 0 Å². The number of esters is 2. The molecule has 1 saturated heterocycles. The number of carbonyl (C=O) groups is 2. The molecule has 0 saturated carbocycles. The van der Waals surface area contributed by atoms with Crippen molar-refractivity contribution in [2.45, 2.75) is 198 Å². The van der Waals surface area contributed by atoms with Gasteiger partial charge in [-0.25, -0.2) is 13.9 Å². The van der Waals surface area contributed by atoms with Gasteiger partial charge < -0.3 is 55.3 Å². The van der Waals surface area contributed by atoms with Crippen LogP contribution in [0.1, 0.15) is 155 Å². The first-order valence-electron chi connectivity index (χ1n) is 25.9. The molecule has 2 unspecified atom stereocenters. The number of rotatable bonds is 22. The van der Waals surface area contributed by atoms with Gasteiger partial charge in [-0.1, -0.05) is 114 Å². The number of ether oxygens (including phenoxy) is 3. The van der Waals surface area contributed by atoms with Crippen molar-refractivity contribution in [1.82, 2.24) is 9.55 Å². The number of phosphoric acid groups is 2. The normalized spacial score (nSPS) is 30.8. The fraction of sp³-hybridized carbons (Fsp3) is 0.720. The zero-order valence-electron chi connectivity index (χ0n) is 42.5. The van der Waals surface area contributed by atoms with Crippen LogP contribution in [0.2, 0.25) is 0 Å². The number of unbranched alkanes of at least 4 members (excludes halogenated alkanes) is 10. The van der Waals surface area contributed by atoms with Gasteiger partial charge in [-0.05, 0) is 70.3 Å². The predicted octanol–water partition coefficient (Wildman–Crippen LogP) is 6.94. The van der Waals surface area contributed by atoms with Crippen LogP contribution in [0, 0.1) is 11.8 Å². The number of cyclic esters (lactones) is 1. The molecule has 0 aliphatic carbocycles. The quantitative estimate of drug-likeness (QED) is 0.0252. The zero-order chi connectivity index (χ0) is 53.7. The molecular weight excluding hydrogens is 993 g/mol. The van der Waals surface area contributed by atoms with Crippen LogP contribution >= 0.6 is 15.6 Å². The molecule has 0 aromatic carbocycles. The number of hydrogen-bond acceptors (Lipinski definition) is 18.